The van der Waals surface area contributed by atoms with Crippen LogP contribution < -0.4 is 10.2 Å². The molecule has 2 aromatic carbocycles. The maximum Gasteiger partial charge on any atom is 0.433 e. The van der Waals surface area contributed by atoms with E-state index in [1.54, 1.807) is 54.9 Å². The normalized spacial score (nSPS) is 17.9. The number of carbonyl (C=O) groups excluding carboxylic acids is 2. The number of ether oxygens (including phenoxy) is 1. The van der Waals surface area contributed by atoms with Crippen LogP contribution in [-0.4, -0.2) is 47.4 Å². The van der Waals surface area contributed by atoms with E-state index in [1.807, 2.05) is 14.1 Å². The van der Waals surface area contributed by atoms with Crippen molar-refractivity contribution in [3.05, 3.63) is 71.4 Å². The summed E-state index contributed by atoms with van der Waals surface area (Å²) in [7, 11) is 4.00. The van der Waals surface area contributed by atoms with Gasteiger partial charge in [0.2, 0.25) is 11.7 Å². The number of benzene rings is 2. The molecule has 7 nitrogen and oxygen atoms in total. The van der Waals surface area contributed by atoms with Crippen molar-refractivity contribution in [2.45, 2.75) is 51.8 Å². The number of ketones is 1. The van der Waals surface area contributed by atoms with Crippen molar-refractivity contribution < 1.29 is 32.7 Å². The summed E-state index contributed by atoms with van der Waals surface area (Å²) in [5.74, 6) is 5.76. The number of nitrogens with zero attached hydrogens (tertiary/aromatic N) is 2. The molecular weight excluding hydrogens is 559 g/mol. The molecule has 1 saturated carbocycles. The van der Waals surface area contributed by atoms with Crippen LogP contribution in [0.5, 0.6) is 5.75 Å². The highest BCUT2D eigenvalue weighted by molar-refractivity contribution is 5.98. The molecule has 0 bridgehead atoms. The summed E-state index contributed by atoms with van der Waals surface area (Å²) in [5, 5.41) is 9.70. The smallest absolute Gasteiger partial charge is 0.433 e. The monoisotopic (exact) mass is 595 g/mol. The van der Waals surface area contributed by atoms with Crippen molar-refractivity contribution in [1.82, 2.24) is 15.4 Å². The number of fused-ring (bicyclic) bond motifs is 1. The van der Waals surface area contributed by atoms with Gasteiger partial charge >= 0.3 is 6.18 Å². The van der Waals surface area contributed by atoms with Gasteiger partial charge in [0.25, 0.3) is 0 Å². The Kier molecular flexibility index (Phi) is 10.1. The molecule has 0 aliphatic heterocycles. The minimum Gasteiger partial charge on any atom is -0.489 e. The number of aromatic nitrogens is 1. The molecule has 2 unspecified atom stereocenters. The first kappa shape index (κ1) is 32.0. The lowest BCUT2D eigenvalue weighted by Gasteiger charge is -2.35. The summed E-state index contributed by atoms with van der Waals surface area (Å²) in [6.07, 6.45) is -1.63. The summed E-state index contributed by atoms with van der Waals surface area (Å²) >= 11 is 0. The highest BCUT2D eigenvalue weighted by Crippen LogP contribution is 2.38. The van der Waals surface area contributed by atoms with Gasteiger partial charge in [0.1, 0.15) is 18.1 Å². The Labute approximate surface area is 249 Å². The van der Waals surface area contributed by atoms with Gasteiger partial charge in [-0.3, -0.25) is 14.8 Å². The SMILES string of the molecule is CN(C)CCC1CCC1C(=O)C#C[C@](C)(CC(=O)NO)Cc1ccc(OCc2cc(C(F)(F)F)nc3ccccc23)cc1. The maximum atomic E-state index is 13.4. The lowest BCUT2D eigenvalue weighted by molar-refractivity contribution is -0.141. The Morgan fingerprint density at radius 2 is 1.84 bits per heavy atom. The number of nitrogens with one attached hydrogen (secondary N) is 1. The highest BCUT2D eigenvalue weighted by atomic mass is 19.4. The number of pyridine rings is 1. The third-order valence-corrected chi connectivity index (χ3v) is 7.87. The van der Waals surface area contributed by atoms with Gasteiger partial charge in [-0.1, -0.05) is 36.3 Å². The fourth-order valence-corrected chi connectivity index (χ4v) is 5.36. The van der Waals surface area contributed by atoms with Gasteiger partial charge in [0.15, 0.2) is 0 Å². The molecule has 43 heavy (non-hydrogen) atoms. The van der Waals surface area contributed by atoms with E-state index in [4.69, 9.17) is 9.94 Å². The number of rotatable bonds is 11. The third kappa shape index (κ3) is 8.55. The fourth-order valence-electron chi connectivity index (χ4n) is 5.36. The van der Waals surface area contributed by atoms with Crippen molar-refractivity contribution >= 4 is 22.6 Å². The number of hydroxylamine groups is 1. The topological polar surface area (TPSA) is 91.8 Å². The Morgan fingerprint density at radius 3 is 2.47 bits per heavy atom. The van der Waals surface area contributed by atoms with Gasteiger partial charge in [-0.2, -0.15) is 13.2 Å². The van der Waals surface area contributed by atoms with Crippen molar-refractivity contribution in [1.29, 1.82) is 0 Å². The zero-order valence-electron chi connectivity index (χ0n) is 24.5. The van der Waals surface area contributed by atoms with E-state index >= 15 is 0 Å². The Bertz CT molecular complexity index is 1510. The predicted octanol–water partition coefficient (Wildman–Crippen LogP) is 5.83. The van der Waals surface area contributed by atoms with Crippen molar-refractivity contribution in [2.75, 3.05) is 20.6 Å². The van der Waals surface area contributed by atoms with Gasteiger partial charge in [0.05, 0.1) is 5.52 Å². The molecule has 3 atom stereocenters. The molecule has 1 aromatic heterocycles. The summed E-state index contributed by atoms with van der Waals surface area (Å²) in [4.78, 5) is 30.8. The zero-order chi connectivity index (χ0) is 31.2. The molecule has 0 saturated heterocycles. The van der Waals surface area contributed by atoms with Gasteiger partial charge in [-0.05, 0) is 94.9 Å². The lowest BCUT2D eigenvalue weighted by atomic mass is 9.69. The van der Waals surface area contributed by atoms with Crippen LogP contribution in [0.1, 0.15) is 49.4 Å². The average Bonchev–Trinajstić information content (AvgIpc) is 2.94. The first-order chi connectivity index (χ1) is 20.4. The van der Waals surface area contributed by atoms with E-state index in [9.17, 15) is 22.8 Å². The van der Waals surface area contributed by atoms with Crippen LogP contribution in [0.15, 0.2) is 54.6 Å². The molecule has 1 heterocycles. The van der Waals surface area contributed by atoms with E-state index in [2.05, 4.69) is 21.7 Å². The summed E-state index contributed by atoms with van der Waals surface area (Å²) < 4.78 is 46.0. The number of Topliss-reactive ketones (excluding diaryl/α,β-unsaturated/α-hetero) is 1. The molecule has 1 aliphatic carbocycles. The van der Waals surface area contributed by atoms with Crippen LogP contribution in [-0.2, 0) is 28.8 Å². The minimum atomic E-state index is -4.58. The number of para-hydroxylation sites is 1. The first-order valence-electron chi connectivity index (χ1n) is 14.2. The lowest BCUT2D eigenvalue weighted by Crippen LogP contribution is -2.34. The van der Waals surface area contributed by atoms with Gasteiger partial charge in [-0.15, -0.1) is 0 Å². The molecule has 228 valence electrons. The van der Waals surface area contributed by atoms with Crippen molar-refractivity contribution in [3.8, 4) is 17.6 Å². The van der Waals surface area contributed by atoms with E-state index < -0.39 is 23.2 Å². The molecule has 1 aliphatic rings. The highest BCUT2D eigenvalue weighted by Gasteiger charge is 2.36. The number of halogens is 3. The third-order valence-electron chi connectivity index (χ3n) is 7.87. The van der Waals surface area contributed by atoms with Crippen LogP contribution in [0.4, 0.5) is 13.2 Å². The largest absolute Gasteiger partial charge is 0.489 e. The minimum absolute atomic E-state index is 0.0930. The van der Waals surface area contributed by atoms with Crippen LogP contribution in [0.2, 0.25) is 0 Å². The second-order valence-corrected chi connectivity index (χ2v) is 11.7. The predicted molar refractivity (Wildman–Crippen MR) is 156 cm³/mol. The zero-order valence-corrected chi connectivity index (χ0v) is 24.5. The molecule has 1 amide bonds. The van der Waals surface area contributed by atoms with E-state index in [1.165, 1.54) is 6.07 Å². The average molecular weight is 596 g/mol. The molecule has 0 radical (unpaired) electrons. The van der Waals surface area contributed by atoms with Crippen LogP contribution in [0.3, 0.4) is 0 Å². The van der Waals surface area contributed by atoms with E-state index in [-0.39, 0.29) is 30.2 Å². The standard InChI is InChI=1S/C33H36F3N3O4/c1-32(20-31(41)38-42,16-14-29(40)27-13-10-23(27)15-17-39(2)3)19-22-8-11-25(12-9-22)43-21-24-18-30(33(34,35)36)37-28-7-5-4-6-26(24)28/h4-9,11-12,18,23,27,42H,10,13,15,17,19-21H2,1-3H3,(H,38,41)/t23?,27?,32-/m0/s1. The second-order valence-electron chi connectivity index (χ2n) is 11.7. The number of hydrogen-bond acceptors (Lipinski definition) is 6. The molecule has 0 spiro atoms. The molecular formula is C33H36F3N3O4. The van der Waals surface area contributed by atoms with Gasteiger partial charge < -0.3 is 9.64 Å². The number of amides is 1. The number of alkyl halides is 3. The molecule has 2 N–H and O–H groups in total. The maximum absolute atomic E-state index is 13.4. The van der Waals surface area contributed by atoms with E-state index in [0.717, 1.165) is 37.4 Å². The quantitative estimate of drug-likeness (QED) is 0.126. The van der Waals surface area contributed by atoms with Crippen molar-refractivity contribution in [2.24, 2.45) is 17.3 Å². The fraction of sp³-hybridized carbons (Fsp3) is 0.424. The number of carbonyl (C=O) groups is 2. The van der Waals surface area contributed by atoms with E-state index in [0.29, 0.717) is 29.0 Å². The molecule has 3 aromatic rings. The van der Waals surface area contributed by atoms with Crippen LogP contribution in [0.25, 0.3) is 10.9 Å². The molecule has 10 heteroatoms. The first-order valence-corrected chi connectivity index (χ1v) is 14.2. The molecule has 1 fully saturated rings. The van der Waals surface area contributed by atoms with Gasteiger partial charge in [0, 0.05) is 28.7 Å². The summed E-state index contributed by atoms with van der Waals surface area (Å²) in [6.45, 7) is 2.58. The van der Waals surface area contributed by atoms with Crippen LogP contribution >= 0.6 is 0 Å². The second kappa shape index (κ2) is 13.6. The van der Waals surface area contributed by atoms with Crippen molar-refractivity contribution in [3.63, 3.8) is 0 Å². The van der Waals surface area contributed by atoms with Gasteiger partial charge in [-0.25, -0.2) is 10.5 Å². The summed E-state index contributed by atoms with van der Waals surface area (Å²) in [6, 6.07) is 14.5. The molecule has 4 rings (SSSR count). The Morgan fingerprint density at radius 1 is 1.12 bits per heavy atom. The van der Waals surface area contributed by atoms with Crippen LogP contribution in [0, 0.1) is 29.1 Å². The Hall–Kier alpha value is -3.94. The summed E-state index contributed by atoms with van der Waals surface area (Å²) in [5.41, 5.74) is 1.14. The Balaban J connectivity index is 1.45. The number of hydrogen-bond donors (Lipinski definition) is 2.